The Hall–Kier alpha value is -2.27. The molecule has 2 rings (SSSR count). The summed E-state index contributed by atoms with van der Waals surface area (Å²) in [4.78, 5) is 29.1. The fourth-order valence-corrected chi connectivity index (χ4v) is 4.11. The first-order valence-corrected chi connectivity index (χ1v) is 11.8. The summed E-state index contributed by atoms with van der Waals surface area (Å²) in [6.07, 6.45) is 1.85. The fourth-order valence-electron chi connectivity index (χ4n) is 3.25. The first-order chi connectivity index (χ1) is 14.5. The zero-order valence-electron chi connectivity index (χ0n) is 18.6. The first-order valence-electron chi connectivity index (χ1n) is 10.8. The van der Waals surface area contributed by atoms with E-state index in [-0.39, 0.29) is 17.9 Å². The first kappa shape index (κ1) is 24.0. The average molecular weight is 427 g/mol. The lowest BCUT2D eigenvalue weighted by Crippen LogP contribution is -2.50. The lowest BCUT2D eigenvalue weighted by Gasteiger charge is -2.32. The van der Waals surface area contributed by atoms with Crippen LogP contribution in [0.1, 0.15) is 51.2 Å². The van der Waals surface area contributed by atoms with Crippen molar-refractivity contribution in [3.8, 4) is 0 Å². The van der Waals surface area contributed by atoms with Crippen molar-refractivity contribution >= 4 is 23.6 Å². The normalized spacial score (nSPS) is 12.8. The highest BCUT2D eigenvalue weighted by atomic mass is 32.2. The quantitative estimate of drug-likeness (QED) is 0.503. The van der Waals surface area contributed by atoms with E-state index in [9.17, 15) is 9.59 Å². The molecule has 0 saturated carbocycles. The second-order valence-electron chi connectivity index (χ2n) is 7.60. The molecule has 0 heterocycles. The van der Waals surface area contributed by atoms with Gasteiger partial charge in [0.2, 0.25) is 11.8 Å². The van der Waals surface area contributed by atoms with Gasteiger partial charge in [0.1, 0.15) is 6.04 Å². The Balaban J connectivity index is 2.15. The highest BCUT2D eigenvalue weighted by molar-refractivity contribution is 7.99. The summed E-state index contributed by atoms with van der Waals surface area (Å²) in [5.41, 5.74) is 2.21. The van der Waals surface area contributed by atoms with Crippen molar-refractivity contribution in [3.63, 3.8) is 0 Å². The van der Waals surface area contributed by atoms with Crippen LogP contribution in [0, 0.1) is 6.92 Å². The summed E-state index contributed by atoms with van der Waals surface area (Å²) in [6.45, 7) is 8.51. The monoisotopic (exact) mass is 426 g/mol. The molecule has 0 aliphatic heterocycles. The standard InChI is InChI=1S/C25H34N2O2S/c1-5-20(4)26-25(29)23(6-2)27(18-21-13-11-10-12-19(21)3)24(28)16-17-30-22-14-8-7-9-15-22/h7-15,20,23H,5-6,16-18H2,1-4H3,(H,26,29). The molecule has 2 aromatic rings. The van der Waals surface area contributed by atoms with Gasteiger partial charge in [-0.2, -0.15) is 0 Å². The maximum atomic E-state index is 13.2. The van der Waals surface area contributed by atoms with E-state index in [4.69, 9.17) is 0 Å². The van der Waals surface area contributed by atoms with Crippen LogP contribution in [0.3, 0.4) is 0 Å². The number of hydrogen-bond donors (Lipinski definition) is 1. The Morgan fingerprint density at radius 3 is 2.30 bits per heavy atom. The molecule has 4 nitrogen and oxygen atoms in total. The molecule has 1 N–H and O–H groups in total. The maximum Gasteiger partial charge on any atom is 0.243 e. The zero-order valence-corrected chi connectivity index (χ0v) is 19.4. The summed E-state index contributed by atoms with van der Waals surface area (Å²) >= 11 is 1.67. The van der Waals surface area contributed by atoms with Crippen LogP contribution >= 0.6 is 11.8 Å². The molecule has 5 heteroatoms. The number of thioether (sulfide) groups is 1. The molecule has 2 aromatic carbocycles. The number of carbonyl (C=O) groups excluding carboxylic acids is 2. The number of amides is 2. The molecule has 0 aliphatic carbocycles. The third kappa shape index (κ3) is 7.21. The second kappa shape index (κ2) is 12.4. The van der Waals surface area contributed by atoms with E-state index in [1.807, 2.05) is 70.2 Å². The third-order valence-electron chi connectivity index (χ3n) is 5.32. The van der Waals surface area contributed by atoms with E-state index in [2.05, 4.69) is 17.4 Å². The Bertz CT molecular complexity index is 810. The van der Waals surface area contributed by atoms with E-state index in [0.717, 1.165) is 22.4 Å². The van der Waals surface area contributed by atoms with Gasteiger partial charge in [0.15, 0.2) is 0 Å². The summed E-state index contributed by atoms with van der Waals surface area (Å²) in [5, 5.41) is 3.06. The van der Waals surface area contributed by atoms with Gasteiger partial charge in [-0.15, -0.1) is 11.8 Å². The molecule has 0 spiro atoms. The Morgan fingerprint density at radius 1 is 1.00 bits per heavy atom. The lowest BCUT2D eigenvalue weighted by atomic mass is 10.1. The third-order valence-corrected chi connectivity index (χ3v) is 6.33. The van der Waals surface area contributed by atoms with Crippen molar-refractivity contribution in [2.24, 2.45) is 0 Å². The van der Waals surface area contributed by atoms with Gasteiger partial charge in [-0.1, -0.05) is 56.3 Å². The van der Waals surface area contributed by atoms with Crippen molar-refractivity contribution in [1.82, 2.24) is 10.2 Å². The highest BCUT2D eigenvalue weighted by Gasteiger charge is 2.29. The molecular weight excluding hydrogens is 392 g/mol. The van der Waals surface area contributed by atoms with E-state index < -0.39 is 6.04 Å². The SMILES string of the molecule is CCC(C)NC(=O)C(CC)N(Cc1ccccc1C)C(=O)CCSc1ccccc1. The second-order valence-corrected chi connectivity index (χ2v) is 8.77. The van der Waals surface area contributed by atoms with Crippen LogP contribution < -0.4 is 5.32 Å². The molecule has 0 aliphatic rings. The topological polar surface area (TPSA) is 49.4 Å². The van der Waals surface area contributed by atoms with Gasteiger partial charge in [0.25, 0.3) is 0 Å². The summed E-state index contributed by atoms with van der Waals surface area (Å²) in [7, 11) is 0. The van der Waals surface area contributed by atoms with E-state index in [1.165, 1.54) is 0 Å². The van der Waals surface area contributed by atoms with Crippen LogP contribution in [-0.2, 0) is 16.1 Å². The van der Waals surface area contributed by atoms with E-state index in [1.54, 1.807) is 16.7 Å². The van der Waals surface area contributed by atoms with Gasteiger partial charge in [-0.3, -0.25) is 9.59 Å². The molecule has 0 fully saturated rings. The molecule has 2 amide bonds. The molecule has 2 atom stereocenters. The van der Waals surface area contributed by atoms with Crippen molar-refractivity contribution in [2.45, 2.75) is 70.5 Å². The molecule has 0 bridgehead atoms. The molecule has 30 heavy (non-hydrogen) atoms. The maximum absolute atomic E-state index is 13.2. The number of rotatable bonds is 11. The largest absolute Gasteiger partial charge is 0.352 e. The minimum atomic E-state index is -0.465. The average Bonchev–Trinajstić information content (AvgIpc) is 2.75. The van der Waals surface area contributed by atoms with Crippen LogP contribution in [0.4, 0.5) is 0 Å². The van der Waals surface area contributed by atoms with Crippen LogP contribution in [0.2, 0.25) is 0 Å². The minimum absolute atomic E-state index is 0.0211. The number of carbonyl (C=O) groups is 2. The Kier molecular flexibility index (Phi) is 9.95. The van der Waals surface area contributed by atoms with Crippen molar-refractivity contribution in [2.75, 3.05) is 5.75 Å². The Morgan fingerprint density at radius 2 is 1.67 bits per heavy atom. The van der Waals surface area contributed by atoms with Gasteiger partial charge in [-0.05, 0) is 49.9 Å². The van der Waals surface area contributed by atoms with Gasteiger partial charge in [0.05, 0.1) is 0 Å². The number of nitrogens with one attached hydrogen (secondary N) is 1. The van der Waals surface area contributed by atoms with Crippen LogP contribution in [0.15, 0.2) is 59.5 Å². The number of hydrogen-bond acceptors (Lipinski definition) is 3. The van der Waals surface area contributed by atoms with Gasteiger partial charge in [-0.25, -0.2) is 0 Å². The summed E-state index contributed by atoms with van der Waals surface area (Å²) < 4.78 is 0. The van der Waals surface area contributed by atoms with Crippen LogP contribution in [0.25, 0.3) is 0 Å². The Labute approximate surface area is 185 Å². The highest BCUT2D eigenvalue weighted by Crippen LogP contribution is 2.21. The summed E-state index contributed by atoms with van der Waals surface area (Å²) in [5.74, 6) is 0.647. The van der Waals surface area contributed by atoms with E-state index >= 15 is 0 Å². The fraction of sp³-hybridized carbons (Fsp3) is 0.440. The van der Waals surface area contributed by atoms with E-state index in [0.29, 0.717) is 25.1 Å². The molecule has 0 radical (unpaired) electrons. The molecule has 2 unspecified atom stereocenters. The lowest BCUT2D eigenvalue weighted by molar-refractivity contribution is -0.141. The van der Waals surface area contributed by atoms with Crippen molar-refractivity contribution in [3.05, 3.63) is 65.7 Å². The molecule has 162 valence electrons. The molecular formula is C25H34N2O2S. The molecule has 0 aromatic heterocycles. The molecule has 0 saturated heterocycles. The van der Waals surface area contributed by atoms with Crippen molar-refractivity contribution < 1.29 is 9.59 Å². The predicted octanol–water partition coefficient (Wildman–Crippen LogP) is 5.20. The van der Waals surface area contributed by atoms with Gasteiger partial charge in [0, 0.05) is 29.7 Å². The zero-order chi connectivity index (χ0) is 21.9. The number of benzene rings is 2. The van der Waals surface area contributed by atoms with Gasteiger partial charge < -0.3 is 10.2 Å². The van der Waals surface area contributed by atoms with Crippen molar-refractivity contribution in [1.29, 1.82) is 0 Å². The smallest absolute Gasteiger partial charge is 0.243 e. The number of aryl methyl sites for hydroxylation is 1. The predicted molar refractivity (Wildman–Crippen MR) is 125 cm³/mol. The van der Waals surface area contributed by atoms with Crippen LogP contribution in [0.5, 0.6) is 0 Å². The van der Waals surface area contributed by atoms with Gasteiger partial charge >= 0.3 is 0 Å². The summed E-state index contributed by atoms with van der Waals surface area (Å²) in [6, 6.07) is 17.8. The van der Waals surface area contributed by atoms with Crippen LogP contribution in [-0.4, -0.2) is 34.6 Å². The minimum Gasteiger partial charge on any atom is -0.352 e. The number of nitrogens with zero attached hydrogens (tertiary/aromatic N) is 1.